The van der Waals surface area contributed by atoms with E-state index in [4.69, 9.17) is 15.9 Å². The zero-order valence-electron chi connectivity index (χ0n) is 14.0. The van der Waals surface area contributed by atoms with E-state index in [1.807, 2.05) is 19.2 Å². The lowest BCUT2D eigenvalue weighted by atomic mass is 9.99. The summed E-state index contributed by atoms with van der Waals surface area (Å²) in [6, 6.07) is 4.45. The number of hydrogen-bond donors (Lipinski definition) is 3. The number of likely N-dealkylation sites (tertiary alicyclic amines) is 1. The van der Waals surface area contributed by atoms with E-state index in [1.165, 1.54) is 6.21 Å². The number of fused-ring (bicyclic) bond motifs is 1. The zero-order chi connectivity index (χ0) is 16.6. The molecule has 2 heterocycles. The summed E-state index contributed by atoms with van der Waals surface area (Å²) < 4.78 is 5.42. The number of allylic oxidation sites excluding steroid dienone is 1. The van der Waals surface area contributed by atoms with Gasteiger partial charge in [0.05, 0.1) is 18.8 Å². The molecule has 124 valence electrons. The molecule has 0 aliphatic carbocycles. The van der Waals surface area contributed by atoms with E-state index in [9.17, 15) is 0 Å². The van der Waals surface area contributed by atoms with Gasteiger partial charge in [0, 0.05) is 67.9 Å². The summed E-state index contributed by atoms with van der Waals surface area (Å²) in [5.74, 6) is 0.693. The number of methoxy groups -OCH3 is 1. The van der Waals surface area contributed by atoms with Crippen LogP contribution in [-0.2, 0) is 0 Å². The minimum atomic E-state index is 0.496. The summed E-state index contributed by atoms with van der Waals surface area (Å²) in [5.41, 5.74) is 10.8. The third kappa shape index (κ3) is 2.63. The third-order valence-electron chi connectivity index (χ3n) is 4.81. The molecular weight excluding hydrogens is 290 g/mol. The van der Waals surface area contributed by atoms with Crippen molar-refractivity contribution in [1.82, 2.24) is 10.2 Å². The zero-order valence-corrected chi connectivity index (χ0v) is 14.0. The molecular formula is C17H25N5O. The maximum atomic E-state index is 7.87. The third-order valence-corrected chi connectivity index (χ3v) is 4.81. The molecule has 0 aromatic heterocycles. The Morgan fingerprint density at radius 3 is 2.70 bits per heavy atom. The van der Waals surface area contributed by atoms with Gasteiger partial charge in [0.1, 0.15) is 5.75 Å². The average molecular weight is 315 g/mol. The van der Waals surface area contributed by atoms with Crippen molar-refractivity contribution in [3.63, 3.8) is 0 Å². The Labute approximate surface area is 137 Å². The van der Waals surface area contributed by atoms with E-state index in [0.29, 0.717) is 17.5 Å². The number of anilines is 2. The van der Waals surface area contributed by atoms with Crippen molar-refractivity contribution in [2.24, 2.45) is 0 Å². The van der Waals surface area contributed by atoms with Gasteiger partial charge in [-0.2, -0.15) is 0 Å². The monoisotopic (exact) mass is 315 g/mol. The van der Waals surface area contributed by atoms with Gasteiger partial charge in [-0.15, -0.1) is 0 Å². The number of nitrogen functional groups attached to an aromatic ring is 1. The summed E-state index contributed by atoms with van der Waals surface area (Å²) in [6.07, 6.45) is 2.31. The topological polar surface area (TPSA) is 77.6 Å². The second-order valence-corrected chi connectivity index (χ2v) is 6.22. The number of nitrogens with two attached hydrogens (primary N) is 1. The lowest BCUT2D eigenvalue weighted by molar-refractivity contribution is 0.183. The number of ether oxygens (including phenoxy) is 1. The number of likely N-dealkylation sites (N-methyl/N-ethyl adjacent to an activating group) is 1. The van der Waals surface area contributed by atoms with Gasteiger partial charge in [-0.05, 0) is 13.1 Å². The number of benzene rings is 1. The summed E-state index contributed by atoms with van der Waals surface area (Å²) in [5, 5.41) is 11.1. The smallest absolute Gasteiger partial charge is 0.143 e. The van der Waals surface area contributed by atoms with Crippen LogP contribution >= 0.6 is 0 Å². The molecule has 6 heteroatoms. The minimum Gasteiger partial charge on any atom is -0.495 e. The van der Waals surface area contributed by atoms with Crippen LogP contribution < -0.4 is 20.7 Å². The molecule has 0 unspecified atom stereocenters. The Bertz CT molecular complexity index is 649. The van der Waals surface area contributed by atoms with E-state index < -0.39 is 0 Å². The highest BCUT2D eigenvalue weighted by atomic mass is 16.5. The first-order valence-electron chi connectivity index (χ1n) is 7.93. The maximum absolute atomic E-state index is 7.87. The first-order valence-corrected chi connectivity index (χ1v) is 7.93. The van der Waals surface area contributed by atoms with Crippen molar-refractivity contribution < 1.29 is 4.74 Å². The Hall–Kier alpha value is -2.21. The van der Waals surface area contributed by atoms with Gasteiger partial charge in [0.2, 0.25) is 0 Å². The Balaban J connectivity index is 2.13. The van der Waals surface area contributed by atoms with Gasteiger partial charge in [-0.3, -0.25) is 0 Å². The standard InChI is InChI=1S/C17H25N5O/c1-20-15-4-5-22(11-9-21(2)10-11)16-7-17(23-3)14(19)6-12(16)13(15)8-18/h6-8,11,18,20H,4-5,9-10,19H2,1-3H3. The van der Waals surface area contributed by atoms with E-state index in [-0.39, 0.29) is 0 Å². The minimum absolute atomic E-state index is 0.496. The molecule has 1 fully saturated rings. The van der Waals surface area contributed by atoms with Crippen LogP contribution in [0.15, 0.2) is 17.8 Å². The molecule has 0 atom stereocenters. The van der Waals surface area contributed by atoms with Crippen molar-refractivity contribution in [1.29, 1.82) is 5.41 Å². The predicted molar refractivity (Wildman–Crippen MR) is 95.4 cm³/mol. The van der Waals surface area contributed by atoms with E-state index in [2.05, 4.69) is 22.2 Å². The lowest BCUT2D eigenvalue weighted by Crippen LogP contribution is -2.58. The Morgan fingerprint density at radius 2 is 2.13 bits per heavy atom. The highest BCUT2D eigenvalue weighted by Crippen LogP contribution is 2.40. The van der Waals surface area contributed by atoms with E-state index in [0.717, 1.165) is 48.6 Å². The van der Waals surface area contributed by atoms with Crippen LogP contribution in [0.1, 0.15) is 12.0 Å². The molecule has 0 bridgehead atoms. The predicted octanol–water partition coefficient (Wildman–Crippen LogP) is 1.38. The van der Waals surface area contributed by atoms with Crippen LogP contribution in [0.3, 0.4) is 0 Å². The number of nitrogens with zero attached hydrogens (tertiary/aromatic N) is 2. The van der Waals surface area contributed by atoms with Gasteiger partial charge in [-0.1, -0.05) is 0 Å². The first-order chi connectivity index (χ1) is 11.1. The van der Waals surface area contributed by atoms with Gasteiger partial charge < -0.3 is 31.0 Å². The lowest BCUT2D eigenvalue weighted by Gasteiger charge is -2.45. The Morgan fingerprint density at radius 1 is 1.39 bits per heavy atom. The van der Waals surface area contributed by atoms with Gasteiger partial charge in [0.15, 0.2) is 0 Å². The van der Waals surface area contributed by atoms with Gasteiger partial charge >= 0.3 is 0 Å². The molecule has 1 aromatic rings. The number of nitrogens with one attached hydrogen (secondary N) is 2. The highest BCUT2D eigenvalue weighted by molar-refractivity contribution is 6.12. The first kappa shape index (κ1) is 15.7. The van der Waals surface area contributed by atoms with Crippen molar-refractivity contribution >= 4 is 23.2 Å². The van der Waals surface area contributed by atoms with E-state index in [1.54, 1.807) is 7.11 Å². The van der Waals surface area contributed by atoms with Crippen molar-refractivity contribution in [2.75, 3.05) is 51.5 Å². The van der Waals surface area contributed by atoms with Crippen LogP contribution in [0.25, 0.3) is 5.57 Å². The number of hydrogen-bond acceptors (Lipinski definition) is 6. The molecule has 3 rings (SSSR count). The fraction of sp³-hybridized carbons (Fsp3) is 0.471. The summed E-state index contributed by atoms with van der Waals surface area (Å²) in [4.78, 5) is 4.75. The molecule has 1 aromatic carbocycles. The highest BCUT2D eigenvalue weighted by Gasteiger charge is 2.33. The second kappa shape index (κ2) is 6.12. The van der Waals surface area contributed by atoms with Crippen LogP contribution in [0.5, 0.6) is 5.75 Å². The molecule has 4 N–H and O–H groups in total. The second-order valence-electron chi connectivity index (χ2n) is 6.22. The molecule has 23 heavy (non-hydrogen) atoms. The van der Waals surface area contributed by atoms with Crippen molar-refractivity contribution in [2.45, 2.75) is 12.5 Å². The SMILES string of the molecule is CNC1=C(C=N)c2cc(N)c(OC)cc2N(C2CN(C)C2)CC1. The molecule has 0 spiro atoms. The van der Waals surface area contributed by atoms with E-state index >= 15 is 0 Å². The van der Waals surface area contributed by atoms with Crippen molar-refractivity contribution in [3.05, 3.63) is 23.4 Å². The molecule has 0 radical (unpaired) electrons. The van der Waals surface area contributed by atoms with Crippen LogP contribution in [0.4, 0.5) is 11.4 Å². The fourth-order valence-electron chi connectivity index (χ4n) is 3.53. The van der Waals surface area contributed by atoms with Gasteiger partial charge in [0.25, 0.3) is 0 Å². The fourth-order valence-corrected chi connectivity index (χ4v) is 3.53. The number of rotatable bonds is 4. The largest absolute Gasteiger partial charge is 0.495 e. The summed E-state index contributed by atoms with van der Waals surface area (Å²) in [6.45, 7) is 3.04. The molecule has 1 saturated heterocycles. The Kier molecular flexibility index (Phi) is 4.17. The molecule has 0 saturated carbocycles. The average Bonchev–Trinajstić information content (AvgIpc) is 2.66. The van der Waals surface area contributed by atoms with Crippen LogP contribution in [0, 0.1) is 5.41 Å². The van der Waals surface area contributed by atoms with Gasteiger partial charge in [-0.25, -0.2) is 0 Å². The summed E-state index contributed by atoms with van der Waals surface area (Å²) in [7, 11) is 5.69. The van der Waals surface area contributed by atoms with Crippen molar-refractivity contribution in [3.8, 4) is 5.75 Å². The maximum Gasteiger partial charge on any atom is 0.143 e. The van der Waals surface area contributed by atoms with Crippen LogP contribution in [-0.4, -0.2) is 58.0 Å². The normalized spacial score (nSPS) is 19.0. The van der Waals surface area contributed by atoms with Crippen LogP contribution in [0.2, 0.25) is 0 Å². The molecule has 2 aliphatic rings. The summed E-state index contributed by atoms with van der Waals surface area (Å²) >= 11 is 0. The molecule has 2 aliphatic heterocycles. The molecule has 6 nitrogen and oxygen atoms in total. The quantitative estimate of drug-likeness (QED) is 0.578. The molecule has 0 amide bonds.